The number of nitrogens with one attached hydrogen (secondary N) is 1. The van der Waals surface area contributed by atoms with Gasteiger partial charge in [0.15, 0.2) is 0 Å². The molecule has 2 aromatic rings. The minimum atomic E-state index is -0.300. The molecular formula is C21H21FN2O2S. The van der Waals surface area contributed by atoms with E-state index >= 15 is 0 Å². The number of rotatable bonds is 4. The molecule has 0 atom stereocenters. The van der Waals surface area contributed by atoms with Gasteiger partial charge in [0.25, 0.3) is 5.91 Å². The van der Waals surface area contributed by atoms with Gasteiger partial charge < -0.3 is 10.2 Å². The minimum Gasteiger partial charge on any atom is -0.349 e. The Morgan fingerprint density at radius 3 is 2.63 bits per heavy atom. The number of amides is 2. The third-order valence-electron chi connectivity index (χ3n) is 5.11. The Balaban J connectivity index is 1.58. The van der Waals surface area contributed by atoms with Crippen LogP contribution in [0.2, 0.25) is 0 Å². The van der Waals surface area contributed by atoms with Crippen molar-refractivity contribution in [3.63, 3.8) is 0 Å². The number of hydrogen-bond acceptors (Lipinski definition) is 3. The van der Waals surface area contributed by atoms with Crippen molar-refractivity contribution in [2.24, 2.45) is 0 Å². The highest BCUT2D eigenvalue weighted by molar-refractivity contribution is 8.00. The van der Waals surface area contributed by atoms with E-state index in [2.05, 4.69) is 5.32 Å². The van der Waals surface area contributed by atoms with Gasteiger partial charge in [-0.15, -0.1) is 11.8 Å². The maximum atomic E-state index is 13.2. The molecule has 0 aromatic heterocycles. The van der Waals surface area contributed by atoms with E-state index in [1.807, 2.05) is 12.1 Å². The molecule has 2 aliphatic rings. The standard InChI is InChI=1S/C21H21FN2O2S/c22-16-8-5-14(6-9-16)12-24-18-11-15(7-10-19(18)27-13-20(24)25)21(26)23-17-3-1-2-4-17/h5-11,17H,1-4,12-13H2,(H,23,26). The van der Waals surface area contributed by atoms with E-state index in [0.717, 1.165) is 41.8 Å². The van der Waals surface area contributed by atoms with Crippen LogP contribution in [0.3, 0.4) is 0 Å². The predicted molar refractivity (Wildman–Crippen MR) is 104 cm³/mol. The normalized spacial score (nSPS) is 17.1. The molecule has 0 bridgehead atoms. The molecule has 1 saturated carbocycles. The van der Waals surface area contributed by atoms with Crippen molar-refractivity contribution >= 4 is 29.3 Å². The van der Waals surface area contributed by atoms with Crippen molar-refractivity contribution in [3.8, 4) is 0 Å². The van der Waals surface area contributed by atoms with Gasteiger partial charge in [-0.3, -0.25) is 9.59 Å². The first-order valence-corrected chi connectivity index (χ1v) is 10.2. The Morgan fingerprint density at radius 1 is 1.15 bits per heavy atom. The van der Waals surface area contributed by atoms with Gasteiger partial charge in [0.05, 0.1) is 18.0 Å². The van der Waals surface area contributed by atoms with Crippen LogP contribution < -0.4 is 10.2 Å². The van der Waals surface area contributed by atoms with Gasteiger partial charge in [-0.1, -0.05) is 25.0 Å². The molecule has 2 aromatic carbocycles. The number of nitrogens with zero attached hydrogens (tertiary/aromatic N) is 1. The zero-order valence-corrected chi connectivity index (χ0v) is 15.7. The van der Waals surface area contributed by atoms with Crippen LogP contribution in [0.1, 0.15) is 41.6 Å². The largest absolute Gasteiger partial charge is 0.349 e. The third-order valence-corrected chi connectivity index (χ3v) is 6.16. The summed E-state index contributed by atoms with van der Waals surface area (Å²) >= 11 is 1.48. The average Bonchev–Trinajstić information content (AvgIpc) is 3.18. The monoisotopic (exact) mass is 384 g/mol. The molecule has 4 rings (SSSR count). The topological polar surface area (TPSA) is 49.4 Å². The first-order chi connectivity index (χ1) is 13.1. The summed E-state index contributed by atoms with van der Waals surface area (Å²) in [4.78, 5) is 27.8. The van der Waals surface area contributed by atoms with Crippen molar-refractivity contribution in [1.82, 2.24) is 5.32 Å². The Bertz CT molecular complexity index is 863. The number of carbonyl (C=O) groups is 2. The molecule has 1 heterocycles. The maximum Gasteiger partial charge on any atom is 0.251 e. The van der Waals surface area contributed by atoms with Crippen LogP contribution in [0.4, 0.5) is 10.1 Å². The molecule has 1 fully saturated rings. The summed E-state index contributed by atoms with van der Waals surface area (Å²) in [6.45, 7) is 0.361. The summed E-state index contributed by atoms with van der Waals surface area (Å²) in [5, 5.41) is 3.09. The van der Waals surface area contributed by atoms with E-state index in [1.54, 1.807) is 23.1 Å². The van der Waals surface area contributed by atoms with Gasteiger partial charge >= 0.3 is 0 Å². The van der Waals surface area contributed by atoms with Crippen LogP contribution >= 0.6 is 11.8 Å². The summed E-state index contributed by atoms with van der Waals surface area (Å²) in [5.74, 6) is -0.0351. The fourth-order valence-electron chi connectivity index (χ4n) is 3.63. The van der Waals surface area contributed by atoms with E-state index in [-0.39, 0.29) is 23.7 Å². The highest BCUT2D eigenvalue weighted by Crippen LogP contribution is 2.37. The number of benzene rings is 2. The predicted octanol–water partition coefficient (Wildman–Crippen LogP) is 4.14. The second-order valence-corrected chi connectivity index (χ2v) is 8.05. The van der Waals surface area contributed by atoms with Crippen LogP contribution in [-0.2, 0) is 11.3 Å². The maximum absolute atomic E-state index is 13.2. The van der Waals surface area contributed by atoms with Crippen LogP contribution in [-0.4, -0.2) is 23.6 Å². The van der Waals surface area contributed by atoms with E-state index in [1.165, 1.54) is 23.9 Å². The second kappa shape index (κ2) is 7.72. The second-order valence-electron chi connectivity index (χ2n) is 7.03. The van der Waals surface area contributed by atoms with Crippen LogP contribution in [0.25, 0.3) is 0 Å². The molecular weight excluding hydrogens is 363 g/mol. The summed E-state index contributed by atoms with van der Waals surface area (Å²) in [6.07, 6.45) is 4.38. The van der Waals surface area contributed by atoms with Crippen LogP contribution in [0.15, 0.2) is 47.4 Å². The van der Waals surface area contributed by atoms with E-state index in [0.29, 0.717) is 17.9 Å². The first-order valence-electron chi connectivity index (χ1n) is 9.23. The summed E-state index contributed by atoms with van der Waals surface area (Å²) in [7, 11) is 0. The molecule has 1 N–H and O–H groups in total. The van der Waals surface area contributed by atoms with Crippen molar-refractivity contribution in [2.45, 2.75) is 43.2 Å². The SMILES string of the molecule is O=C(NC1CCCC1)c1ccc2c(c1)N(Cc1ccc(F)cc1)C(=O)CS2. The van der Waals surface area contributed by atoms with Gasteiger partial charge in [0, 0.05) is 16.5 Å². The van der Waals surface area contributed by atoms with Crippen LogP contribution in [0, 0.1) is 5.82 Å². The highest BCUT2D eigenvalue weighted by Gasteiger charge is 2.26. The quantitative estimate of drug-likeness (QED) is 0.862. The molecule has 0 unspecified atom stereocenters. The summed E-state index contributed by atoms with van der Waals surface area (Å²) < 4.78 is 13.2. The first kappa shape index (κ1) is 18.0. The van der Waals surface area contributed by atoms with Crippen molar-refractivity contribution < 1.29 is 14.0 Å². The van der Waals surface area contributed by atoms with Gasteiger partial charge in [-0.2, -0.15) is 0 Å². The molecule has 1 aliphatic heterocycles. The fraction of sp³-hybridized carbons (Fsp3) is 0.333. The Hall–Kier alpha value is -2.34. The number of carbonyl (C=O) groups excluding carboxylic acids is 2. The van der Waals surface area contributed by atoms with Crippen molar-refractivity contribution in [3.05, 3.63) is 59.4 Å². The van der Waals surface area contributed by atoms with E-state index in [9.17, 15) is 14.0 Å². The zero-order chi connectivity index (χ0) is 18.8. The van der Waals surface area contributed by atoms with Crippen LogP contribution in [0.5, 0.6) is 0 Å². The van der Waals surface area contributed by atoms with E-state index < -0.39 is 0 Å². The fourth-order valence-corrected chi connectivity index (χ4v) is 4.54. The lowest BCUT2D eigenvalue weighted by Gasteiger charge is -2.29. The number of anilines is 1. The van der Waals surface area contributed by atoms with Gasteiger partial charge in [0.2, 0.25) is 5.91 Å². The van der Waals surface area contributed by atoms with Gasteiger partial charge in [-0.05, 0) is 48.7 Å². The summed E-state index contributed by atoms with van der Waals surface area (Å²) in [5.41, 5.74) is 2.17. The third kappa shape index (κ3) is 4.00. The Morgan fingerprint density at radius 2 is 1.89 bits per heavy atom. The van der Waals surface area contributed by atoms with Gasteiger partial charge in [-0.25, -0.2) is 4.39 Å². The number of fused-ring (bicyclic) bond motifs is 1. The molecule has 6 heteroatoms. The Kier molecular flexibility index (Phi) is 5.16. The Labute approximate surface area is 162 Å². The smallest absolute Gasteiger partial charge is 0.251 e. The number of halogens is 1. The molecule has 4 nitrogen and oxygen atoms in total. The van der Waals surface area contributed by atoms with Crippen molar-refractivity contribution in [1.29, 1.82) is 0 Å². The van der Waals surface area contributed by atoms with E-state index in [4.69, 9.17) is 0 Å². The lowest BCUT2D eigenvalue weighted by atomic mass is 10.1. The minimum absolute atomic E-state index is 0.00910. The molecule has 2 amide bonds. The van der Waals surface area contributed by atoms with Crippen molar-refractivity contribution in [2.75, 3.05) is 10.7 Å². The summed E-state index contributed by atoms with van der Waals surface area (Å²) in [6, 6.07) is 11.9. The molecule has 1 aliphatic carbocycles. The number of hydrogen-bond donors (Lipinski definition) is 1. The lowest BCUT2D eigenvalue weighted by Crippen LogP contribution is -2.36. The lowest BCUT2D eigenvalue weighted by molar-refractivity contribution is -0.116. The zero-order valence-electron chi connectivity index (χ0n) is 14.9. The highest BCUT2D eigenvalue weighted by atomic mass is 32.2. The molecule has 0 radical (unpaired) electrons. The average molecular weight is 384 g/mol. The molecule has 140 valence electrons. The molecule has 27 heavy (non-hydrogen) atoms. The molecule has 0 saturated heterocycles. The number of thioether (sulfide) groups is 1. The molecule has 0 spiro atoms. The van der Waals surface area contributed by atoms with Gasteiger partial charge in [0.1, 0.15) is 5.82 Å².